The fourth-order valence-corrected chi connectivity index (χ4v) is 1.84. The van der Waals surface area contributed by atoms with Crippen molar-refractivity contribution < 1.29 is 4.74 Å². The van der Waals surface area contributed by atoms with Crippen molar-refractivity contribution in [2.45, 2.75) is 40.2 Å². The molecule has 7 heteroatoms. The van der Waals surface area contributed by atoms with Gasteiger partial charge in [0.1, 0.15) is 0 Å². The summed E-state index contributed by atoms with van der Waals surface area (Å²) in [5, 5.41) is 3.16. The third-order valence-corrected chi connectivity index (χ3v) is 2.89. The number of nitrogen functional groups attached to an aromatic ring is 1. The molecule has 3 N–H and O–H groups in total. The molecule has 0 spiro atoms. The zero-order valence-electron chi connectivity index (χ0n) is 13.1. The monoisotopic (exact) mass is 282 g/mol. The third-order valence-electron chi connectivity index (χ3n) is 2.89. The van der Waals surface area contributed by atoms with Crippen molar-refractivity contribution in [3.8, 4) is 0 Å². The van der Waals surface area contributed by atoms with Gasteiger partial charge >= 0.3 is 0 Å². The normalized spacial score (nSPS) is 11.4. The summed E-state index contributed by atoms with van der Waals surface area (Å²) in [4.78, 5) is 14.7. The highest BCUT2D eigenvalue weighted by Gasteiger charge is 2.18. The van der Waals surface area contributed by atoms with Gasteiger partial charge in [0, 0.05) is 26.2 Å². The standard InChI is InChI=1S/C13H26N6O/c1-6-19(7-2)12-17-10(14)16-11(18-12)15-9-13(4,5)20-8-3/h6-9H2,1-5H3,(H3,14,15,16,17,18). The van der Waals surface area contributed by atoms with Gasteiger partial charge in [0.25, 0.3) is 0 Å². The molecule has 7 nitrogen and oxygen atoms in total. The number of rotatable bonds is 8. The summed E-state index contributed by atoms with van der Waals surface area (Å²) in [7, 11) is 0. The van der Waals surface area contributed by atoms with E-state index in [2.05, 4.69) is 34.1 Å². The van der Waals surface area contributed by atoms with Crippen LogP contribution in [0.4, 0.5) is 17.8 Å². The van der Waals surface area contributed by atoms with Gasteiger partial charge in [-0.2, -0.15) is 15.0 Å². The molecular weight excluding hydrogens is 256 g/mol. The van der Waals surface area contributed by atoms with Crippen molar-refractivity contribution >= 4 is 17.8 Å². The second-order valence-electron chi connectivity index (χ2n) is 5.04. The van der Waals surface area contributed by atoms with E-state index in [-0.39, 0.29) is 11.5 Å². The number of aromatic nitrogens is 3. The van der Waals surface area contributed by atoms with Gasteiger partial charge in [0.05, 0.1) is 5.60 Å². The van der Waals surface area contributed by atoms with Crippen molar-refractivity contribution in [2.75, 3.05) is 42.2 Å². The van der Waals surface area contributed by atoms with Gasteiger partial charge in [-0.05, 0) is 34.6 Å². The van der Waals surface area contributed by atoms with Crippen LogP contribution in [0.15, 0.2) is 0 Å². The first-order valence-electron chi connectivity index (χ1n) is 7.06. The molecule has 0 atom stereocenters. The van der Waals surface area contributed by atoms with Crippen molar-refractivity contribution in [1.29, 1.82) is 0 Å². The van der Waals surface area contributed by atoms with E-state index in [1.165, 1.54) is 0 Å². The lowest BCUT2D eigenvalue weighted by molar-refractivity contribution is 0.000580. The molecule has 20 heavy (non-hydrogen) atoms. The minimum atomic E-state index is -0.286. The van der Waals surface area contributed by atoms with Crippen LogP contribution < -0.4 is 16.0 Å². The Balaban J connectivity index is 2.80. The number of hydrogen-bond acceptors (Lipinski definition) is 7. The fourth-order valence-electron chi connectivity index (χ4n) is 1.84. The van der Waals surface area contributed by atoms with Crippen LogP contribution in [0.3, 0.4) is 0 Å². The topological polar surface area (TPSA) is 89.2 Å². The summed E-state index contributed by atoms with van der Waals surface area (Å²) in [6.45, 7) is 13.0. The molecule has 0 aliphatic rings. The molecule has 0 radical (unpaired) electrons. The Hall–Kier alpha value is -1.63. The smallest absolute Gasteiger partial charge is 0.231 e. The highest BCUT2D eigenvalue weighted by atomic mass is 16.5. The lowest BCUT2D eigenvalue weighted by Gasteiger charge is -2.25. The van der Waals surface area contributed by atoms with Crippen LogP contribution in [0.25, 0.3) is 0 Å². The largest absolute Gasteiger partial charge is 0.374 e. The van der Waals surface area contributed by atoms with Gasteiger partial charge in [-0.15, -0.1) is 0 Å². The van der Waals surface area contributed by atoms with Gasteiger partial charge in [0.2, 0.25) is 17.8 Å². The van der Waals surface area contributed by atoms with E-state index in [9.17, 15) is 0 Å². The van der Waals surface area contributed by atoms with Gasteiger partial charge in [0.15, 0.2) is 0 Å². The number of nitrogens with zero attached hydrogens (tertiary/aromatic N) is 4. The highest BCUT2D eigenvalue weighted by Crippen LogP contribution is 2.14. The Kier molecular flexibility index (Phi) is 5.94. The number of nitrogens with one attached hydrogen (secondary N) is 1. The predicted molar refractivity (Wildman–Crippen MR) is 82.0 cm³/mol. The molecule has 0 aliphatic carbocycles. The summed E-state index contributed by atoms with van der Waals surface area (Å²) in [6.07, 6.45) is 0. The van der Waals surface area contributed by atoms with Gasteiger partial charge in [-0.3, -0.25) is 0 Å². The second-order valence-corrected chi connectivity index (χ2v) is 5.04. The Labute approximate surface area is 121 Å². The molecule has 0 aromatic carbocycles. The second kappa shape index (κ2) is 7.23. The number of anilines is 3. The maximum absolute atomic E-state index is 5.74. The van der Waals surface area contributed by atoms with Crippen LogP contribution in [0.1, 0.15) is 34.6 Å². The first-order chi connectivity index (χ1) is 9.41. The van der Waals surface area contributed by atoms with Crippen LogP contribution in [0.2, 0.25) is 0 Å². The van der Waals surface area contributed by atoms with Gasteiger partial charge in [-0.1, -0.05) is 0 Å². The molecule has 0 saturated carbocycles. The lowest BCUT2D eigenvalue weighted by Crippen LogP contribution is -2.34. The van der Waals surface area contributed by atoms with E-state index in [4.69, 9.17) is 10.5 Å². The molecular formula is C13H26N6O. The highest BCUT2D eigenvalue weighted by molar-refractivity contribution is 5.41. The molecule has 1 heterocycles. The molecule has 1 rings (SSSR count). The summed E-state index contributed by atoms with van der Waals surface area (Å²) >= 11 is 0. The average Bonchev–Trinajstić information content (AvgIpc) is 2.37. The van der Waals surface area contributed by atoms with Crippen molar-refractivity contribution in [3.05, 3.63) is 0 Å². The van der Waals surface area contributed by atoms with E-state index >= 15 is 0 Å². The quantitative estimate of drug-likeness (QED) is 0.747. The first kappa shape index (κ1) is 16.4. The maximum Gasteiger partial charge on any atom is 0.231 e. The molecule has 0 saturated heterocycles. The van der Waals surface area contributed by atoms with E-state index < -0.39 is 0 Å². The van der Waals surface area contributed by atoms with Crippen molar-refractivity contribution in [3.63, 3.8) is 0 Å². The van der Waals surface area contributed by atoms with Crippen molar-refractivity contribution in [2.24, 2.45) is 0 Å². The van der Waals surface area contributed by atoms with E-state index in [0.29, 0.717) is 25.0 Å². The zero-order valence-corrected chi connectivity index (χ0v) is 13.1. The SMILES string of the molecule is CCOC(C)(C)CNc1nc(N)nc(N(CC)CC)n1. The predicted octanol–water partition coefficient (Wildman–Crippen LogP) is 1.53. The first-order valence-corrected chi connectivity index (χ1v) is 7.06. The van der Waals surface area contributed by atoms with Crippen LogP contribution in [0.5, 0.6) is 0 Å². The van der Waals surface area contributed by atoms with Crippen LogP contribution >= 0.6 is 0 Å². The number of hydrogen-bond donors (Lipinski definition) is 2. The third kappa shape index (κ3) is 4.80. The zero-order chi connectivity index (χ0) is 15.2. The van der Waals surface area contributed by atoms with Gasteiger partial charge < -0.3 is 20.7 Å². The average molecular weight is 282 g/mol. The molecule has 0 bridgehead atoms. The van der Waals surface area contributed by atoms with E-state index in [0.717, 1.165) is 13.1 Å². The van der Waals surface area contributed by atoms with E-state index in [1.807, 2.05) is 25.7 Å². The van der Waals surface area contributed by atoms with Crippen LogP contribution in [-0.4, -0.2) is 46.8 Å². The summed E-state index contributed by atoms with van der Waals surface area (Å²) in [6, 6.07) is 0. The lowest BCUT2D eigenvalue weighted by atomic mass is 10.1. The summed E-state index contributed by atoms with van der Waals surface area (Å²) in [5.74, 6) is 1.30. The molecule has 0 amide bonds. The Morgan fingerprint density at radius 2 is 1.80 bits per heavy atom. The van der Waals surface area contributed by atoms with Crippen LogP contribution in [-0.2, 0) is 4.74 Å². The summed E-state index contributed by atoms with van der Waals surface area (Å²) < 4.78 is 5.63. The summed E-state index contributed by atoms with van der Waals surface area (Å²) in [5.41, 5.74) is 5.46. The van der Waals surface area contributed by atoms with E-state index in [1.54, 1.807) is 0 Å². The molecule has 114 valence electrons. The number of ether oxygens (including phenoxy) is 1. The Morgan fingerprint density at radius 1 is 1.15 bits per heavy atom. The molecule has 1 aromatic heterocycles. The maximum atomic E-state index is 5.74. The Bertz CT molecular complexity index is 419. The Morgan fingerprint density at radius 3 is 2.35 bits per heavy atom. The number of nitrogens with two attached hydrogens (primary N) is 1. The van der Waals surface area contributed by atoms with Crippen molar-refractivity contribution in [1.82, 2.24) is 15.0 Å². The molecule has 0 unspecified atom stereocenters. The molecule has 0 aliphatic heterocycles. The molecule has 1 aromatic rings. The van der Waals surface area contributed by atoms with Crippen LogP contribution in [0, 0.1) is 0 Å². The minimum absolute atomic E-state index is 0.221. The fraction of sp³-hybridized carbons (Fsp3) is 0.769. The molecule has 0 fully saturated rings. The minimum Gasteiger partial charge on any atom is -0.374 e. The van der Waals surface area contributed by atoms with Gasteiger partial charge in [-0.25, -0.2) is 0 Å².